The lowest BCUT2D eigenvalue weighted by Crippen LogP contribution is -2.41. The number of amides is 1. The summed E-state index contributed by atoms with van der Waals surface area (Å²) in [5.41, 5.74) is 2.45. The third-order valence-corrected chi connectivity index (χ3v) is 5.51. The van der Waals surface area contributed by atoms with Gasteiger partial charge in [-0.25, -0.2) is 8.42 Å². The molecule has 1 aromatic heterocycles. The van der Waals surface area contributed by atoms with Gasteiger partial charge in [-0.1, -0.05) is 30.3 Å². The van der Waals surface area contributed by atoms with Crippen LogP contribution in [0.4, 0.5) is 0 Å². The van der Waals surface area contributed by atoms with Crippen molar-refractivity contribution >= 4 is 15.7 Å². The van der Waals surface area contributed by atoms with Crippen molar-refractivity contribution in [2.24, 2.45) is 5.92 Å². The van der Waals surface area contributed by atoms with Crippen LogP contribution in [0.15, 0.2) is 48.8 Å². The maximum Gasteiger partial charge on any atom is 0.255 e. The molecule has 1 aliphatic heterocycles. The molecule has 1 unspecified atom stereocenters. The summed E-state index contributed by atoms with van der Waals surface area (Å²) in [7, 11) is -3.03. The minimum atomic E-state index is -3.03. The first-order chi connectivity index (χ1) is 11.9. The minimum Gasteiger partial charge on any atom is -0.338 e. The third-order valence-electron chi connectivity index (χ3n) is 4.44. The Balaban J connectivity index is 1.77. The van der Waals surface area contributed by atoms with Gasteiger partial charge in [0.1, 0.15) is 9.84 Å². The first-order valence-electron chi connectivity index (χ1n) is 8.40. The average molecular weight is 358 g/mol. The summed E-state index contributed by atoms with van der Waals surface area (Å²) in [5.74, 6) is 0.0699. The molecular weight excluding hydrogens is 336 g/mol. The van der Waals surface area contributed by atoms with E-state index in [1.54, 1.807) is 17.3 Å². The molecule has 0 aliphatic carbocycles. The van der Waals surface area contributed by atoms with Gasteiger partial charge >= 0.3 is 0 Å². The smallest absolute Gasteiger partial charge is 0.255 e. The average Bonchev–Trinajstić information content (AvgIpc) is 2.61. The molecule has 0 bridgehead atoms. The lowest BCUT2D eigenvalue weighted by Gasteiger charge is -2.32. The van der Waals surface area contributed by atoms with Crippen molar-refractivity contribution in [3.05, 3.63) is 54.4 Å². The molecule has 3 rings (SSSR count). The van der Waals surface area contributed by atoms with Gasteiger partial charge in [0.15, 0.2) is 0 Å². The zero-order chi connectivity index (χ0) is 17.9. The maximum atomic E-state index is 12.8. The Morgan fingerprint density at radius 3 is 2.68 bits per heavy atom. The normalized spacial score (nSPS) is 18.1. The summed E-state index contributed by atoms with van der Waals surface area (Å²) < 4.78 is 23.1. The second-order valence-electron chi connectivity index (χ2n) is 6.68. The monoisotopic (exact) mass is 358 g/mol. The number of hydrogen-bond donors (Lipinski definition) is 0. The number of carbonyl (C=O) groups excluding carboxylic acids is 1. The molecule has 2 aromatic rings. The van der Waals surface area contributed by atoms with E-state index in [1.807, 2.05) is 36.4 Å². The van der Waals surface area contributed by atoms with Gasteiger partial charge in [-0.3, -0.25) is 9.78 Å². The van der Waals surface area contributed by atoms with Crippen LogP contribution in [0.25, 0.3) is 11.1 Å². The van der Waals surface area contributed by atoms with Gasteiger partial charge in [0.25, 0.3) is 5.91 Å². The molecule has 5 nitrogen and oxygen atoms in total. The SMILES string of the molecule is CS(=O)(=O)CC1CCCN(C(=O)c2cncc(-c3ccccc3)c2)C1. The van der Waals surface area contributed by atoms with Crippen LogP contribution in [0.3, 0.4) is 0 Å². The second-order valence-corrected chi connectivity index (χ2v) is 8.86. The molecule has 0 N–H and O–H groups in total. The Hall–Kier alpha value is -2.21. The zero-order valence-electron chi connectivity index (χ0n) is 14.3. The van der Waals surface area contributed by atoms with Crippen LogP contribution in [0, 0.1) is 5.92 Å². The molecular formula is C19H22N2O3S. The summed E-state index contributed by atoms with van der Waals surface area (Å²) in [6, 6.07) is 11.7. The summed E-state index contributed by atoms with van der Waals surface area (Å²) in [4.78, 5) is 18.8. The topological polar surface area (TPSA) is 67.3 Å². The van der Waals surface area contributed by atoms with E-state index in [4.69, 9.17) is 0 Å². The zero-order valence-corrected chi connectivity index (χ0v) is 15.1. The molecule has 0 saturated carbocycles. The first kappa shape index (κ1) is 17.6. The molecule has 2 heterocycles. The number of aromatic nitrogens is 1. The molecule has 1 saturated heterocycles. The molecule has 1 aromatic carbocycles. The van der Waals surface area contributed by atoms with Crippen molar-refractivity contribution in [3.63, 3.8) is 0 Å². The van der Waals surface area contributed by atoms with Crippen molar-refractivity contribution in [2.45, 2.75) is 12.8 Å². The van der Waals surface area contributed by atoms with Gasteiger partial charge < -0.3 is 4.90 Å². The number of benzene rings is 1. The van der Waals surface area contributed by atoms with Gasteiger partial charge in [-0.05, 0) is 30.4 Å². The van der Waals surface area contributed by atoms with E-state index in [-0.39, 0.29) is 17.6 Å². The molecule has 6 heteroatoms. The number of pyridine rings is 1. The number of hydrogen-bond acceptors (Lipinski definition) is 4. The van der Waals surface area contributed by atoms with Crippen molar-refractivity contribution in [2.75, 3.05) is 25.1 Å². The Labute approximate surface area is 148 Å². The highest BCUT2D eigenvalue weighted by Gasteiger charge is 2.27. The molecule has 132 valence electrons. The molecule has 25 heavy (non-hydrogen) atoms. The van der Waals surface area contributed by atoms with Gasteiger partial charge in [0.2, 0.25) is 0 Å². The van der Waals surface area contributed by atoms with Crippen molar-refractivity contribution < 1.29 is 13.2 Å². The van der Waals surface area contributed by atoms with E-state index < -0.39 is 9.84 Å². The first-order valence-corrected chi connectivity index (χ1v) is 10.5. The number of piperidine rings is 1. The number of sulfone groups is 1. The lowest BCUT2D eigenvalue weighted by molar-refractivity contribution is 0.0684. The number of likely N-dealkylation sites (tertiary alicyclic amines) is 1. The van der Waals surface area contributed by atoms with Crippen molar-refractivity contribution in [1.29, 1.82) is 0 Å². The van der Waals surface area contributed by atoms with E-state index in [1.165, 1.54) is 6.26 Å². The summed E-state index contributed by atoms with van der Waals surface area (Å²) in [5, 5.41) is 0. The summed E-state index contributed by atoms with van der Waals surface area (Å²) in [6.07, 6.45) is 6.25. The van der Waals surface area contributed by atoms with E-state index in [9.17, 15) is 13.2 Å². The Kier molecular flexibility index (Phi) is 5.18. The summed E-state index contributed by atoms with van der Waals surface area (Å²) in [6.45, 7) is 1.15. The van der Waals surface area contributed by atoms with Crippen molar-refractivity contribution in [3.8, 4) is 11.1 Å². The van der Waals surface area contributed by atoms with Crippen LogP contribution in [0.2, 0.25) is 0 Å². The van der Waals surface area contributed by atoms with E-state index in [0.717, 1.165) is 24.0 Å². The van der Waals surface area contributed by atoms with Crippen LogP contribution in [-0.2, 0) is 9.84 Å². The highest BCUT2D eigenvalue weighted by molar-refractivity contribution is 7.90. The third kappa shape index (κ3) is 4.66. The molecule has 1 fully saturated rings. The predicted molar refractivity (Wildman–Crippen MR) is 98.0 cm³/mol. The fraction of sp³-hybridized carbons (Fsp3) is 0.368. The van der Waals surface area contributed by atoms with Crippen LogP contribution in [0.1, 0.15) is 23.2 Å². The standard InChI is InChI=1S/C19H22N2O3S/c1-25(23,24)14-15-6-5-9-21(13-15)19(22)18-10-17(11-20-12-18)16-7-3-2-4-8-16/h2-4,7-8,10-12,15H,5-6,9,13-14H2,1H3. The Bertz CT molecular complexity index is 850. The predicted octanol–water partition coefficient (Wildman–Crippen LogP) is 2.65. The quantitative estimate of drug-likeness (QED) is 0.843. The number of nitrogens with zero attached hydrogens (tertiary/aromatic N) is 2. The largest absolute Gasteiger partial charge is 0.338 e. The lowest BCUT2D eigenvalue weighted by atomic mass is 9.99. The fourth-order valence-electron chi connectivity index (χ4n) is 3.34. The van der Waals surface area contributed by atoms with E-state index in [2.05, 4.69) is 4.98 Å². The minimum absolute atomic E-state index is 0.0120. The second kappa shape index (κ2) is 7.35. The van der Waals surface area contributed by atoms with Crippen LogP contribution in [0.5, 0.6) is 0 Å². The van der Waals surface area contributed by atoms with Gasteiger partial charge in [-0.15, -0.1) is 0 Å². The number of carbonyl (C=O) groups is 1. The Morgan fingerprint density at radius 1 is 1.20 bits per heavy atom. The van der Waals surface area contributed by atoms with Gasteiger partial charge in [-0.2, -0.15) is 0 Å². The molecule has 1 atom stereocenters. The summed E-state index contributed by atoms with van der Waals surface area (Å²) >= 11 is 0. The van der Waals surface area contributed by atoms with E-state index >= 15 is 0 Å². The molecule has 1 amide bonds. The molecule has 0 spiro atoms. The number of rotatable bonds is 4. The van der Waals surface area contributed by atoms with Crippen molar-refractivity contribution in [1.82, 2.24) is 9.88 Å². The van der Waals surface area contributed by atoms with Gasteiger partial charge in [0, 0.05) is 37.3 Å². The van der Waals surface area contributed by atoms with Gasteiger partial charge in [0.05, 0.1) is 11.3 Å². The highest BCUT2D eigenvalue weighted by atomic mass is 32.2. The maximum absolute atomic E-state index is 12.8. The molecule has 0 radical (unpaired) electrons. The highest BCUT2D eigenvalue weighted by Crippen LogP contribution is 2.22. The molecule has 1 aliphatic rings. The van der Waals surface area contributed by atoms with Crippen LogP contribution < -0.4 is 0 Å². The Morgan fingerprint density at radius 2 is 1.96 bits per heavy atom. The van der Waals surface area contributed by atoms with Crippen LogP contribution in [-0.4, -0.2) is 49.3 Å². The van der Waals surface area contributed by atoms with Crippen LogP contribution >= 0.6 is 0 Å². The fourth-order valence-corrected chi connectivity index (χ4v) is 4.47. The van der Waals surface area contributed by atoms with E-state index in [0.29, 0.717) is 18.7 Å².